The molecule has 0 atom stereocenters. The van der Waals surface area contributed by atoms with E-state index in [0.717, 1.165) is 5.69 Å². The van der Waals surface area contributed by atoms with Crippen LogP contribution in [0.3, 0.4) is 0 Å². The van der Waals surface area contributed by atoms with Crippen LogP contribution in [-0.2, 0) is 0 Å². The molecule has 2 heteroatoms. The largest absolute Gasteiger partial charge is 0.309 e. The van der Waals surface area contributed by atoms with Gasteiger partial charge < -0.3 is 9.80 Å². The Bertz CT molecular complexity index is 2890. The smallest absolute Gasteiger partial charge is 0.0541 e. The van der Waals surface area contributed by atoms with Crippen LogP contribution < -0.4 is 9.80 Å². The van der Waals surface area contributed by atoms with Gasteiger partial charge in [-0.1, -0.05) is 152 Å². The van der Waals surface area contributed by atoms with E-state index in [1.165, 1.54) is 106 Å². The van der Waals surface area contributed by atoms with E-state index in [4.69, 9.17) is 0 Å². The minimum atomic E-state index is 1.15. The van der Waals surface area contributed by atoms with Crippen molar-refractivity contribution in [2.24, 2.45) is 0 Å². The zero-order valence-corrected chi connectivity index (χ0v) is 29.4. The highest BCUT2D eigenvalue weighted by Crippen LogP contribution is 2.57. The third-order valence-electron chi connectivity index (χ3n) is 11.7. The molecule has 0 N–H and O–H groups in total. The van der Waals surface area contributed by atoms with E-state index in [2.05, 4.69) is 204 Å². The van der Waals surface area contributed by atoms with E-state index in [0.29, 0.717) is 0 Å². The third-order valence-corrected chi connectivity index (χ3v) is 11.7. The van der Waals surface area contributed by atoms with Crippen LogP contribution in [0, 0.1) is 0 Å². The number of nitrogens with zero attached hydrogens (tertiary/aromatic N) is 2. The first-order valence-corrected chi connectivity index (χ1v) is 18.7. The molecular formula is C52H32N2. The Morgan fingerprint density at radius 3 is 1.09 bits per heavy atom. The van der Waals surface area contributed by atoms with E-state index in [1.807, 2.05) is 0 Å². The quantitative estimate of drug-likeness (QED) is 0.179. The second-order valence-electron chi connectivity index (χ2n) is 14.4. The fourth-order valence-electron chi connectivity index (χ4n) is 9.45. The molecule has 0 aromatic heterocycles. The average molecular weight is 685 g/mol. The van der Waals surface area contributed by atoms with Gasteiger partial charge in [0.2, 0.25) is 0 Å². The molecule has 0 unspecified atom stereocenters. The monoisotopic (exact) mass is 684 g/mol. The standard InChI is InChI=1S/C52H32N2/c1-2-15-35-34(14-1)39-18-5-9-24-47(39)53(48-25-10-6-19-40(35)48)33-28-29-38-44-30-31-51(45-23-13-22-43(52(44)45)46(38)32-33)54-49-26-11-7-20-41(49)36-16-3-4-17-37(36)42-21-8-12-27-50(42)54/h1-32H. The van der Waals surface area contributed by atoms with Gasteiger partial charge in [-0.3, -0.25) is 0 Å². The molecule has 0 saturated carbocycles. The molecule has 2 aliphatic heterocycles. The Balaban J connectivity index is 1.07. The molecule has 0 fully saturated rings. The van der Waals surface area contributed by atoms with E-state index < -0.39 is 0 Å². The molecule has 9 aromatic carbocycles. The Morgan fingerprint density at radius 2 is 0.593 bits per heavy atom. The number of para-hydroxylation sites is 4. The zero-order chi connectivity index (χ0) is 35.3. The number of rotatable bonds is 2. The first-order chi connectivity index (χ1) is 26.8. The van der Waals surface area contributed by atoms with Crippen molar-refractivity contribution in [2.75, 3.05) is 9.80 Å². The van der Waals surface area contributed by atoms with Crippen molar-refractivity contribution < 1.29 is 0 Å². The van der Waals surface area contributed by atoms with Crippen molar-refractivity contribution in [1.29, 1.82) is 0 Å². The number of anilines is 6. The number of benzene rings is 9. The van der Waals surface area contributed by atoms with Gasteiger partial charge in [0, 0.05) is 33.3 Å². The summed E-state index contributed by atoms with van der Waals surface area (Å²) in [5, 5.41) is 2.56. The molecule has 0 saturated heterocycles. The molecule has 9 aromatic rings. The van der Waals surface area contributed by atoms with Crippen LogP contribution in [0.4, 0.5) is 34.1 Å². The summed E-state index contributed by atoms with van der Waals surface area (Å²) in [6.07, 6.45) is 0. The van der Waals surface area contributed by atoms with Gasteiger partial charge in [-0.2, -0.15) is 0 Å². The molecule has 1 aliphatic carbocycles. The third kappa shape index (κ3) is 4.00. The van der Waals surface area contributed by atoms with Crippen molar-refractivity contribution in [3.05, 3.63) is 194 Å². The Hall–Kier alpha value is -7.16. The van der Waals surface area contributed by atoms with Gasteiger partial charge in [0.25, 0.3) is 0 Å². The zero-order valence-electron chi connectivity index (χ0n) is 29.4. The van der Waals surface area contributed by atoms with Crippen LogP contribution in [-0.4, -0.2) is 0 Å². The highest BCUT2D eigenvalue weighted by Gasteiger charge is 2.31. The lowest BCUT2D eigenvalue weighted by molar-refractivity contribution is 1.30. The number of fused-ring (bicyclic) bond motifs is 13. The summed E-state index contributed by atoms with van der Waals surface area (Å²) in [7, 11) is 0. The Morgan fingerprint density at radius 1 is 0.222 bits per heavy atom. The van der Waals surface area contributed by atoms with Gasteiger partial charge >= 0.3 is 0 Å². The molecule has 0 radical (unpaired) electrons. The predicted octanol–water partition coefficient (Wildman–Crippen LogP) is 14.7. The summed E-state index contributed by atoms with van der Waals surface area (Å²) in [6.45, 7) is 0. The van der Waals surface area contributed by atoms with E-state index in [9.17, 15) is 0 Å². The molecule has 12 rings (SSSR count). The van der Waals surface area contributed by atoms with Crippen molar-refractivity contribution in [1.82, 2.24) is 0 Å². The Kier molecular flexibility index (Phi) is 6.09. The predicted molar refractivity (Wildman–Crippen MR) is 227 cm³/mol. The molecular weight excluding hydrogens is 653 g/mol. The second-order valence-corrected chi connectivity index (χ2v) is 14.4. The van der Waals surface area contributed by atoms with Crippen LogP contribution in [0.1, 0.15) is 0 Å². The maximum atomic E-state index is 2.49. The summed E-state index contributed by atoms with van der Waals surface area (Å²) in [5.74, 6) is 0. The maximum absolute atomic E-state index is 2.49. The normalized spacial score (nSPS) is 12.7. The highest BCUT2D eigenvalue weighted by molar-refractivity contribution is 6.20. The summed E-state index contributed by atoms with van der Waals surface area (Å²) >= 11 is 0. The van der Waals surface area contributed by atoms with E-state index in [-0.39, 0.29) is 0 Å². The van der Waals surface area contributed by atoms with E-state index >= 15 is 0 Å². The molecule has 250 valence electrons. The maximum Gasteiger partial charge on any atom is 0.0541 e. The van der Waals surface area contributed by atoms with Gasteiger partial charge in [0.1, 0.15) is 0 Å². The van der Waals surface area contributed by atoms with Gasteiger partial charge in [0.15, 0.2) is 0 Å². The molecule has 0 amide bonds. The fourth-order valence-corrected chi connectivity index (χ4v) is 9.45. The molecule has 3 aliphatic rings. The molecule has 54 heavy (non-hydrogen) atoms. The lowest BCUT2D eigenvalue weighted by Gasteiger charge is -2.28. The lowest BCUT2D eigenvalue weighted by atomic mass is 9.95. The van der Waals surface area contributed by atoms with Gasteiger partial charge in [-0.15, -0.1) is 0 Å². The van der Waals surface area contributed by atoms with Gasteiger partial charge in [-0.25, -0.2) is 0 Å². The van der Waals surface area contributed by atoms with Crippen molar-refractivity contribution in [3.63, 3.8) is 0 Å². The average Bonchev–Trinajstić information content (AvgIpc) is 3.42. The summed E-state index contributed by atoms with van der Waals surface area (Å²) in [6, 6.07) is 71.7. The summed E-state index contributed by atoms with van der Waals surface area (Å²) in [4.78, 5) is 4.95. The SMILES string of the molecule is c1ccc2c(c1)-c1ccccc1N(c1ccc3c(c1)-c1cccc4c(N5c6ccccc6-c6ccccc6-c6ccccc65)ccc-3c14)c1ccccc1-2. The van der Waals surface area contributed by atoms with Crippen molar-refractivity contribution in [2.45, 2.75) is 0 Å². The summed E-state index contributed by atoms with van der Waals surface area (Å²) in [5.41, 5.74) is 22.2. The molecule has 0 spiro atoms. The van der Waals surface area contributed by atoms with Crippen molar-refractivity contribution >= 4 is 44.9 Å². The van der Waals surface area contributed by atoms with Crippen LogP contribution in [0.5, 0.6) is 0 Å². The molecule has 2 nitrogen and oxygen atoms in total. The molecule has 2 heterocycles. The Labute approximate surface area is 314 Å². The first kappa shape index (κ1) is 29.4. The van der Waals surface area contributed by atoms with Crippen LogP contribution in [0.15, 0.2) is 194 Å². The topological polar surface area (TPSA) is 6.48 Å². The summed E-state index contributed by atoms with van der Waals surface area (Å²) < 4.78 is 0. The highest BCUT2D eigenvalue weighted by atomic mass is 15.2. The minimum Gasteiger partial charge on any atom is -0.309 e. The lowest BCUT2D eigenvalue weighted by Crippen LogP contribution is -2.11. The fraction of sp³-hybridized carbons (Fsp3) is 0. The van der Waals surface area contributed by atoms with Crippen LogP contribution in [0.2, 0.25) is 0 Å². The van der Waals surface area contributed by atoms with Crippen LogP contribution >= 0.6 is 0 Å². The van der Waals surface area contributed by atoms with Gasteiger partial charge in [-0.05, 0) is 92.4 Å². The van der Waals surface area contributed by atoms with E-state index in [1.54, 1.807) is 0 Å². The van der Waals surface area contributed by atoms with Gasteiger partial charge in [0.05, 0.1) is 28.4 Å². The first-order valence-electron chi connectivity index (χ1n) is 18.7. The van der Waals surface area contributed by atoms with Crippen LogP contribution in [0.25, 0.3) is 77.5 Å². The van der Waals surface area contributed by atoms with Crippen molar-refractivity contribution in [3.8, 4) is 66.8 Å². The second kappa shape index (κ2) is 11.2. The molecule has 0 bridgehead atoms. The number of hydrogen-bond acceptors (Lipinski definition) is 2. The number of hydrogen-bond donors (Lipinski definition) is 0. The minimum absolute atomic E-state index is 1.15.